The van der Waals surface area contributed by atoms with Crippen molar-refractivity contribution in [2.24, 2.45) is 0 Å². The first-order valence-electron chi connectivity index (χ1n) is 27.1. The fraction of sp³-hybridized carbons (Fsp3) is 0.206. The van der Waals surface area contributed by atoms with Gasteiger partial charge in [0.15, 0.2) is 0 Å². The van der Waals surface area contributed by atoms with Crippen molar-refractivity contribution < 1.29 is 0 Å². The third-order valence-electron chi connectivity index (χ3n) is 15.5. The van der Waals surface area contributed by atoms with Crippen LogP contribution in [0.2, 0.25) is 0 Å². The highest BCUT2D eigenvalue weighted by Crippen LogP contribution is 2.52. The molecule has 6 heteroatoms. The zero-order chi connectivity index (χ0) is 50.7. The number of fused-ring (bicyclic) bond motifs is 4. The average Bonchev–Trinajstić information content (AvgIpc) is 3.45. The van der Waals surface area contributed by atoms with Crippen LogP contribution < -0.4 is 36.0 Å². The molecule has 9 aromatic rings. The van der Waals surface area contributed by atoms with E-state index in [1.807, 2.05) is 11.8 Å². The lowest BCUT2D eigenvalue weighted by molar-refractivity contribution is 0.665. The largest absolute Gasteiger partial charge is 0.370 e. The predicted molar refractivity (Wildman–Crippen MR) is 321 cm³/mol. The molecule has 2 unspecified atom stereocenters. The molecule has 0 bridgehead atoms. The fourth-order valence-electron chi connectivity index (χ4n) is 11.9. The highest BCUT2D eigenvalue weighted by molar-refractivity contribution is 7.99. The molecule has 2 aliphatic heterocycles. The molecule has 0 fully saturated rings. The van der Waals surface area contributed by atoms with Crippen LogP contribution in [0, 0.1) is 0 Å². The smallest absolute Gasteiger partial charge is 0.252 e. The molecule has 0 saturated heterocycles. The molecule has 2 atom stereocenters. The minimum Gasteiger partial charge on any atom is -0.370 e. The summed E-state index contributed by atoms with van der Waals surface area (Å²) in [6.07, 6.45) is 4.56. The maximum atomic E-state index is 2.64. The van der Waals surface area contributed by atoms with E-state index in [0.717, 1.165) is 61.5 Å². The second-order valence-corrected chi connectivity index (χ2v) is 21.2. The average molecular weight is 983 g/mol. The van der Waals surface area contributed by atoms with E-state index < -0.39 is 0 Å². The summed E-state index contributed by atoms with van der Waals surface area (Å²) in [4.78, 5) is 12.6. The lowest BCUT2D eigenvalue weighted by atomic mass is 9.33. The van der Waals surface area contributed by atoms with E-state index in [2.05, 4.69) is 273 Å². The predicted octanol–water partition coefficient (Wildman–Crippen LogP) is 17.7. The van der Waals surface area contributed by atoms with Crippen LogP contribution in [-0.4, -0.2) is 19.8 Å². The first-order valence-corrected chi connectivity index (χ1v) is 27.9. The fourth-order valence-corrected chi connectivity index (χ4v) is 12.9. The van der Waals surface area contributed by atoms with Crippen LogP contribution in [0.3, 0.4) is 0 Å². The minimum atomic E-state index is -0.0252. The van der Waals surface area contributed by atoms with Gasteiger partial charge in [0.05, 0.1) is 22.7 Å². The standard InChI is InChI=1S/C68H67BN4S/c1-7-26-48(5)51-40-42-59-57(44-51)69-58-45-52(49(6)27-8-2)41-43-60(58)73(64-38-24-23-37-63(64)71(53-30-16-12-17-31-53)54-32-18-13-19-33-54)66-47-55(74-67-39-25-20-34-56(67)50-28-14-11-15-29-50)46-65(68(66)69)72(59)62-36-22-21-35-61(62)70(9-3)10-4/h11-25,28-49H,7-10,26-27H2,1-6H3. The van der Waals surface area contributed by atoms with Crippen LogP contribution in [0.1, 0.15) is 90.2 Å². The van der Waals surface area contributed by atoms with Gasteiger partial charge in [0.2, 0.25) is 0 Å². The number of nitrogens with zero attached hydrogens (tertiary/aromatic N) is 4. The van der Waals surface area contributed by atoms with Crippen molar-refractivity contribution in [1.82, 2.24) is 0 Å². The van der Waals surface area contributed by atoms with Crippen LogP contribution in [0.4, 0.5) is 56.9 Å². The highest BCUT2D eigenvalue weighted by atomic mass is 32.2. The molecular weight excluding hydrogens is 916 g/mol. The number of para-hydroxylation sites is 6. The van der Waals surface area contributed by atoms with Gasteiger partial charge in [0.25, 0.3) is 6.71 Å². The van der Waals surface area contributed by atoms with E-state index >= 15 is 0 Å². The number of anilines is 10. The Morgan fingerprint density at radius 1 is 0.446 bits per heavy atom. The Bertz CT molecular complexity index is 3350. The summed E-state index contributed by atoms with van der Waals surface area (Å²) in [6.45, 7) is 15.8. The SMILES string of the molecule is CCCC(C)c1ccc2c(c1)B1c3cc(C(C)CCC)ccc3N(c3ccccc3N(c3ccccc3)c3ccccc3)c3cc(Sc4ccccc4-c4ccccc4)cc(c31)N2c1ccccc1N(CC)CC. The van der Waals surface area contributed by atoms with Gasteiger partial charge < -0.3 is 19.6 Å². The Kier molecular flexibility index (Phi) is 14.2. The second-order valence-electron chi connectivity index (χ2n) is 20.1. The Balaban J connectivity index is 1.26. The molecule has 2 heterocycles. The molecule has 0 N–H and O–H groups in total. The summed E-state index contributed by atoms with van der Waals surface area (Å²) in [5.41, 5.74) is 21.1. The maximum absolute atomic E-state index is 2.64. The van der Waals surface area contributed by atoms with E-state index in [9.17, 15) is 0 Å². The van der Waals surface area contributed by atoms with E-state index in [-0.39, 0.29) is 6.71 Å². The van der Waals surface area contributed by atoms with E-state index in [4.69, 9.17) is 0 Å². The van der Waals surface area contributed by atoms with Crippen molar-refractivity contribution in [3.8, 4) is 11.1 Å². The molecule has 9 aromatic carbocycles. The summed E-state index contributed by atoms with van der Waals surface area (Å²) >= 11 is 1.87. The van der Waals surface area contributed by atoms with Gasteiger partial charge in [-0.25, -0.2) is 0 Å². The molecule has 0 aliphatic carbocycles. The lowest BCUT2D eigenvalue weighted by Gasteiger charge is -2.46. The number of hydrogen-bond donors (Lipinski definition) is 0. The van der Waals surface area contributed by atoms with Crippen molar-refractivity contribution in [3.63, 3.8) is 0 Å². The number of hydrogen-bond acceptors (Lipinski definition) is 5. The topological polar surface area (TPSA) is 13.0 Å². The van der Waals surface area contributed by atoms with Crippen LogP contribution in [0.5, 0.6) is 0 Å². The highest BCUT2D eigenvalue weighted by Gasteiger charge is 2.45. The molecule has 74 heavy (non-hydrogen) atoms. The van der Waals surface area contributed by atoms with Crippen LogP contribution in [0.25, 0.3) is 11.1 Å². The lowest BCUT2D eigenvalue weighted by Crippen LogP contribution is -2.61. The second kappa shape index (κ2) is 21.6. The summed E-state index contributed by atoms with van der Waals surface area (Å²) in [6, 6.07) is 79.7. The van der Waals surface area contributed by atoms with Gasteiger partial charge in [-0.3, -0.25) is 0 Å². The van der Waals surface area contributed by atoms with Crippen molar-refractivity contribution in [3.05, 3.63) is 223 Å². The van der Waals surface area contributed by atoms with Gasteiger partial charge in [-0.2, -0.15) is 0 Å². The van der Waals surface area contributed by atoms with Gasteiger partial charge in [-0.15, -0.1) is 0 Å². The van der Waals surface area contributed by atoms with Crippen molar-refractivity contribution in [2.45, 2.75) is 88.9 Å². The Morgan fingerprint density at radius 2 is 0.905 bits per heavy atom. The van der Waals surface area contributed by atoms with E-state index in [1.54, 1.807) is 0 Å². The minimum absolute atomic E-state index is 0.0252. The molecule has 2 aliphatic rings. The van der Waals surface area contributed by atoms with E-state index in [0.29, 0.717) is 11.8 Å². The summed E-state index contributed by atoms with van der Waals surface area (Å²) < 4.78 is 0. The molecule has 0 spiro atoms. The van der Waals surface area contributed by atoms with Crippen LogP contribution >= 0.6 is 11.8 Å². The number of benzene rings is 9. The van der Waals surface area contributed by atoms with Gasteiger partial charge in [-0.1, -0.05) is 186 Å². The van der Waals surface area contributed by atoms with Crippen molar-refractivity contribution in [1.29, 1.82) is 0 Å². The quantitative estimate of drug-likeness (QED) is 0.0841. The molecule has 0 saturated carbocycles. The monoisotopic (exact) mass is 983 g/mol. The first kappa shape index (κ1) is 48.8. The van der Waals surface area contributed by atoms with Gasteiger partial charge in [0, 0.05) is 57.0 Å². The zero-order valence-electron chi connectivity index (χ0n) is 43.9. The maximum Gasteiger partial charge on any atom is 0.252 e. The summed E-state index contributed by atoms with van der Waals surface area (Å²) in [5.74, 6) is 0.841. The van der Waals surface area contributed by atoms with Crippen LogP contribution in [-0.2, 0) is 0 Å². The molecule has 368 valence electrons. The molecular formula is C68H67BN4S. The molecule has 0 aromatic heterocycles. The van der Waals surface area contributed by atoms with Crippen molar-refractivity contribution in [2.75, 3.05) is 32.7 Å². The summed E-state index contributed by atoms with van der Waals surface area (Å²) in [5, 5.41) is 0. The van der Waals surface area contributed by atoms with Crippen molar-refractivity contribution >= 4 is 91.7 Å². The molecule has 0 radical (unpaired) electrons. The Labute approximate surface area is 445 Å². The molecule has 0 amide bonds. The van der Waals surface area contributed by atoms with Gasteiger partial charge in [0.1, 0.15) is 0 Å². The molecule has 4 nitrogen and oxygen atoms in total. The third-order valence-corrected chi connectivity index (χ3v) is 16.5. The Morgan fingerprint density at radius 3 is 1.43 bits per heavy atom. The van der Waals surface area contributed by atoms with Gasteiger partial charge >= 0.3 is 0 Å². The third kappa shape index (κ3) is 9.08. The van der Waals surface area contributed by atoms with E-state index in [1.165, 1.54) is 82.6 Å². The number of rotatable bonds is 17. The zero-order valence-corrected chi connectivity index (χ0v) is 44.7. The first-order chi connectivity index (χ1) is 36.4. The normalized spacial score (nSPS) is 13.2. The summed E-state index contributed by atoms with van der Waals surface area (Å²) in [7, 11) is 0. The Hall–Kier alpha value is -7.41. The molecule has 11 rings (SSSR count). The van der Waals surface area contributed by atoms with Gasteiger partial charge in [-0.05, 0) is 156 Å². The van der Waals surface area contributed by atoms with Crippen LogP contribution in [0.15, 0.2) is 222 Å².